The summed E-state index contributed by atoms with van der Waals surface area (Å²) in [6, 6.07) is 0. The van der Waals surface area contributed by atoms with Crippen LogP contribution in [0.2, 0.25) is 0 Å². The highest BCUT2D eigenvalue weighted by atomic mass is 16.5. The molecule has 0 aromatic carbocycles. The van der Waals surface area contributed by atoms with Crippen molar-refractivity contribution in [2.75, 3.05) is 6.61 Å². The summed E-state index contributed by atoms with van der Waals surface area (Å²) in [4.78, 5) is 18.7. The predicted molar refractivity (Wildman–Crippen MR) is 69.9 cm³/mol. The lowest BCUT2D eigenvalue weighted by molar-refractivity contribution is 0.0486. The van der Waals surface area contributed by atoms with E-state index in [1.807, 2.05) is 27.7 Å². The van der Waals surface area contributed by atoms with Crippen molar-refractivity contribution in [2.45, 2.75) is 52.6 Å². The highest BCUT2D eigenvalue weighted by Crippen LogP contribution is 2.23. The Kier molecular flexibility index (Phi) is 5.34. The largest absolute Gasteiger partial charge is 0.493 e. The van der Waals surface area contributed by atoms with E-state index in [1.54, 1.807) is 0 Å². The second-order valence-electron chi connectivity index (χ2n) is 4.58. The highest BCUT2D eigenvalue weighted by molar-refractivity contribution is 5.26. The fourth-order valence-corrected chi connectivity index (χ4v) is 1.92. The SMILES string of the molecule is CCCC(OCC)c1nc(O)c(C(C)C)c(=O)[nH]1. The molecular formula is C13H22N2O3. The summed E-state index contributed by atoms with van der Waals surface area (Å²) in [5.74, 6) is 0.155. The van der Waals surface area contributed by atoms with Gasteiger partial charge in [-0.15, -0.1) is 0 Å². The van der Waals surface area contributed by atoms with E-state index in [1.165, 1.54) is 0 Å². The Morgan fingerprint density at radius 3 is 2.50 bits per heavy atom. The first-order valence-electron chi connectivity index (χ1n) is 6.45. The summed E-state index contributed by atoms with van der Waals surface area (Å²) in [6.45, 7) is 8.16. The van der Waals surface area contributed by atoms with Gasteiger partial charge in [-0.3, -0.25) is 4.79 Å². The molecular weight excluding hydrogens is 232 g/mol. The second-order valence-corrected chi connectivity index (χ2v) is 4.58. The Morgan fingerprint density at radius 1 is 1.39 bits per heavy atom. The van der Waals surface area contributed by atoms with Crippen molar-refractivity contribution in [3.8, 4) is 5.88 Å². The molecule has 5 heteroatoms. The average molecular weight is 254 g/mol. The topological polar surface area (TPSA) is 75.2 Å². The molecule has 2 N–H and O–H groups in total. The first-order valence-corrected chi connectivity index (χ1v) is 6.45. The van der Waals surface area contributed by atoms with Gasteiger partial charge in [-0.2, -0.15) is 4.98 Å². The van der Waals surface area contributed by atoms with Crippen LogP contribution in [0.25, 0.3) is 0 Å². The summed E-state index contributed by atoms with van der Waals surface area (Å²) < 4.78 is 5.54. The van der Waals surface area contributed by atoms with E-state index in [4.69, 9.17) is 4.74 Å². The van der Waals surface area contributed by atoms with E-state index in [9.17, 15) is 9.90 Å². The molecule has 1 aromatic rings. The molecule has 1 aromatic heterocycles. The summed E-state index contributed by atoms with van der Waals surface area (Å²) in [5.41, 5.74) is 0.0406. The van der Waals surface area contributed by atoms with Gasteiger partial charge in [0.25, 0.3) is 5.56 Å². The van der Waals surface area contributed by atoms with Gasteiger partial charge in [0.05, 0.1) is 5.56 Å². The van der Waals surface area contributed by atoms with Crippen molar-refractivity contribution >= 4 is 0 Å². The average Bonchev–Trinajstić information content (AvgIpc) is 2.27. The summed E-state index contributed by atoms with van der Waals surface area (Å²) in [5, 5.41) is 9.84. The van der Waals surface area contributed by atoms with Gasteiger partial charge in [0.1, 0.15) is 11.9 Å². The molecule has 5 nitrogen and oxygen atoms in total. The summed E-state index contributed by atoms with van der Waals surface area (Å²) >= 11 is 0. The number of hydrogen-bond donors (Lipinski definition) is 2. The maximum absolute atomic E-state index is 11.9. The van der Waals surface area contributed by atoms with Gasteiger partial charge in [0.2, 0.25) is 5.88 Å². The van der Waals surface area contributed by atoms with Gasteiger partial charge in [0, 0.05) is 6.61 Å². The van der Waals surface area contributed by atoms with E-state index in [0.717, 1.165) is 12.8 Å². The van der Waals surface area contributed by atoms with E-state index >= 15 is 0 Å². The molecule has 0 aliphatic rings. The lowest BCUT2D eigenvalue weighted by Crippen LogP contribution is -2.20. The molecule has 0 bridgehead atoms. The molecule has 0 fully saturated rings. The van der Waals surface area contributed by atoms with Crippen LogP contribution >= 0.6 is 0 Å². The standard InChI is InChI=1S/C13H22N2O3/c1-5-7-9(18-6-2)11-14-12(16)10(8(3)4)13(17)15-11/h8-9H,5-7H2,1-4H3,(H2,14,15,16,17). The quantitative estimate of drug-likeness (QED) is 0.817. The predicted octanol–water partition coefficient (Wildman–Crippen LogP) is 2.48. The number of hydrogen-bond acceptors (Lipinski definition) is 4. The summed E-state index contributed by atoms with van der Waals surface area (Å²) in [6.07, 6.45) is 1.41. The van der Waals surface area contributed by atoms with Crippen LogP contribution in [0.5, 0.6) is 5.88 Å². The third-order valence-electron chi connectivity index (χ3n) is 2.75. The van der Waals surface area contributed by atoms with Crippen molar-refractivity contribution < 1.29 is 9.84 Å². The Morgan fingerprint density at radius 2 is 2.06 bits per heavy atom. The van der Waals surface area contributed by atoms with Crippen LogP contribution in [0.3, 0.4) is 0 Å². The van der Waals surface area contributed by atoms with Crippen LogP contribution in [0, 0.1) is 0 Å². The van der Waals surface area contributed by atoms with Crippen molar-refractivity contribution in [3.63, 3.8) is 0 Å². The van der Waals surface area contributed by atoms with Gasteiger partial charge in [-0.05, 0) is 19.3 Å². The number of nitrogens with zero attached hydrogens (tertiary/aromatic N) is 1. The number of aromatic nitrogens is 2. The first kappa shape index (κ1) is 14.7. The molecule has 0 aliphatic carbocycles. The maximum atomic E-state index is 11.9. The Hall–Kier alpha value is -1.36. The molecule has 1 unspecified atom stereocenters. The Bertz CT molecular complexity index is 434. The molecule has 0 radical (unpaired) electrons. The fourth-order valence-electron chi connectivity index (χ4n) is 1.92. The molecule has 102 valence electrons. The zero-order valence-corrected chi connectivity index (χ0v) is 11.5. The van der Waals surface area contributed by atoms with E-state index in [2.05, 4.69) is 9.97 Å². The van der Waals surface area contributed by atoms with Gasteiger partial charge in [0.15, 0.2) is 0 Å². The molecule has 1 rings (SSSR count). The van der Waals surface area contributed by atoms with Crippen LogP contribution in [0.4, 0.5) is 0 Å². The maximum Gasteiger partial charge on any atom is 0.258 e. The third-order valence-corrected chi connectivity index (χ3v) is 2.75. The van der Waals surface area contributed by atoms with E-state index < -0.39 is 0 Å². The fraction of sp³-hybridized carbons (Fsp3) is 0.692. The number of rotatable bonds is 6. The molecule has 18 heavy (non-hydrogen) atoms. The minimum absolute atomic E-state index is 0.0629. The van der Waals surface area contributed by atoms with Crippen LogP contribution in [0.15, 0.2) is 4.79 Å². The molecule has 0 aliphatic heterocycles. The minimum atomic E-state index is -0.284. The third kappa shape index (κ3) is 3.32. The highest BCUT2D eigenvalue weighted by Gasteiger charge is 2.19. The zero-order valence-electron chi connectivity index (χ0n) is 11.5. The van der Waals surface area contributed by atoms with E-state index in [0.29, 0.717) is 18.0 Å². The van der Waals surface area contributed by atoms with Crippen LogP contribution < -0.4 is 5.56 Å². The molecule has 1 atom stereocenters. The van der Waals surface area contributed by atoms with Gasteiger partial charge < -0.3 is 14.8 Å². The smallest absolute Gasteiger partial charge is 0.258 e. The van der Waals surface area contributed by atoms with Crippen molar-refractivity contribution in [1.29, 1.82) is 0 Å². The number of aromatic hydroxyl groups is 1. The molecule has 0 saturated carbocycles. The van der Waals surface area contributed by atoms with Crippen molar-refractivity contribution in [2.24, 2.45) is 0 Å². The van der Waals surface area contributed by atoms with Gasteiger partial charge in [-0.1, -0.05) is 27.2 Å². The van der Waals surface area contributed by atoms with Crippen LogP contribution in [0.1, 0.15) is 63.9 Å². The normalized spacial score (nSPS) is 12.9. The van der Waals surface area contributed by atoms with Crippen molar-refractivity contribution in [1.82, 2.24) is 9.97 Å². The van der Waals surface area contributed by atoms with Crippen molar-refractivity contribution in [3.05, 3.63) is 21.7 Å². The number of ether oxygens (including phenoxy) is 1. The van der Waals surface area contributed by atoms with Gasteiger partial charge >= 0.3 is 0 Å². The Balaban J connectivity index is 3.14. The van der Waals surface area contributed by atoms with Gasteiger partial charge in [-0.25, -0.2) is 0 Å². The lowest BCUT2D eigenvalue weighted by Gasteiger charge is -2.16. The Labute approximate surface area is 107 Å². The number of nitrogens with one attached hydrogen (secondary N) is 1. The molecule has 0 amide bonds. The first-order chi connectivity index (χ1) is 8.51. The number of aromatic amines is 1. The minimum Gasteiger partial charge on any atom is -0.493 e. The molecule has 0 spiro atoms. The van der Waals surface area contributed by atoms with E-state index in [-0.39, 0.29) is 23.5 Å². The zero-order chi connectivity index (χ0) is 13.7. The number of H-pyrrole nitrogens is 1. The molecule has 0 saturated heterocycles. The van der Waals surface area contributed by atoms with Crippen LogP contribution in [-0.4, -0.2) is 21.7 Å². The molecule has 1 heterocycles. The summed E-state index contributed by atoms with van der Waals surface area (Å²) in [7, 11) is 0. The lowest BCUT2D eigenvalue weighted by atomic mass is 10.1. The second kappa shape index (κ2) is 6.54. The van der Waals surface area contributed by atoms with Crippen LogP contribution in [-0.2, 0) is 4.74 Å². The monoisotopic (exact) mass is 254 g/mol.